The first kappa shape index (κ1) is 43.7. The Hall–Kier alpha value is 0.670. The summed E-state index contributed by atoms with van der Waals surface area (Å²) in [7, 11) is -4.48. The van der Waals surface area contributed by atoms with Crippen molar-refractivity contribution in [1.29, 1.82) is 0 Å². The Bertz CT molecular complexity index is 380. The Kier molecular flexibility index (Phi) is 56.7. The van der Waals surface area contributed by atoms with Gasteiger partial charge in [0.25, 0.3) is 0 Å². The van der Waals surface area contributed by atoms with E-state index in [0.717, 1.165) is 26.1 Å². The van der Waals surface area contributed by atoms with E-state index >= 15 is 0 Å². The van der Waals surface area contributed by atoms with Crippen molar-refractivity contribution < 1.29 is 71.5 Å². The molecule has 0 heterocycles. The Morgan fingerprint density at radius 3 is 1.27 bits per heavy atom. The summed E-state index contributed by atoms with van der Waals surface area (Å²) in [6, 6.07) is 0. The monoisotopic (exact) mass is 514 g/mol. The van der Waals surface area contributed by atoms with Crippen LogP contribution in [-0.4, -0.2) is 81.1 Å². The van der Waals surface area contributed by atoms with Crippen LogP contribution in [-0.2, 0) is 24.1 Å². The van der Waals surface area contributed by atoms with Crippen LogP contribution >= 0.6 is 0 Å². The number of hydrogen-bond donors (Lipinski definition) is 3. The van der Waals surface area contributed by atoms with Gasteiger partial charge in [0.1, 0.15) is 0 Å². The average Bonchev–Trinajstić information content (AvgIpc) is 2.74. The molecule has 200 valence electrons. The molecule has 0 bridgehead atoms. The molecule has 0 aliphatic carbocycles. The van der Waals surface area contributed by atoms with Crippen molar-refractivity contribution >= 4 is 10.4 Å². The molecule has 33 heavy (non-hydrogen) atoms. The molecule has 0 aromatic heterocycles. The topological polar surface area (TPSA) is 146 Å². The normalized spacial score (nSPS) is 9.94. The number of rotatable bonds is 18. The van der Waals surface area contributed by atoms with Crippen molar-refractivity contribution in [2.24, 2.45) is 0 Å². The molecule has 0 spiro atoms. The fourth-order valence-corrected chi connectivity index (χ4v) is 2.51. The van der Waals surface area contributed by atoms with Gasteiger partial charge in [-0.1, -0.05) is 64.7 Å². The quantitative estimate of drug-likeness (QED) is 0.102. The minimum Gasteiger partial charge on any atom is -0.726 e. The minimum atomic E-state index is -4.48. The Morgan fingerprint density at radius 1 is 0.636 bits per heavy atom. The summed E-state index contributed by atoms with van der Waals surface area (Å²) in [5, 5.41) is 23.7. The van der Waals surface area contributed by atoms with Gasteiger partial charge < -0.3 is 29.3 Å². The van der Waals surface area contributed by atoms with Crippen molar-refractivity contribution in [3.05, 3.63) is 0 Å². The molecule has 0 saturated carbocycles. The van der Waals surface area contributed by atoms with Crippen LogP contribution in [0, 0.1) is 0 Å². The summed E-state index contributed by atoms with van der Waals surface area (Å²) in [5.41, 5.74) is 0. The van der Waals surface area contributed by atoms with Gasteiger partial charge in [-0.05, 0) is 27.2 Å². The first-order valence-electron chi connectivity index (χ1n) is 11.9. The Labute approximate surface area is 225 Å². The largest absolute Gasteiger partial charge is 1.00 e. The summed E-state index contributed by atoms with van der Waals surface area (Å²) in [5.74, 6) is 0. The smallest absolute Gasteiger partial charge is 0.726 e. The molecule has 9 nitrogen and oxygen atoms in total. The fraction of sp³-hybridized carbons (Fsp3) is 1.00. The van der Waals surface area contributed by atoms with E-state index in [-0.39, 0.29) is 56.0 Å². The van der Waals surface area contributed by atoms with Gasteiger partial charge in [0.05, 0.1) is 33.0 Å². The van der Waals surface area contributed by atoms with Crippen LogP contribution in [0.5, 0.6) is 0 Å². The molecule has 11 heteroatoms. The van der Waals surface area contributed by atoms with Crippen LogP contribution in [0.1, 0.15) is 91.9 Å². The molecule has 0 saturated heterocycles. The maximum atomic E-state index is 10.1. The van der Waals surface area contributed by atoms with E-state index in [1.807, 2.05) is 13.8 Å². The zero-order chi connectivity index (χ0) is 25.3. The first-order valence-corrected chi connectivity index (χ1v) is 13.2. The third-order valence-electron chi connectivity index (χ3n) is 3.61. The van der Waals surface area contributed by atoms with Crippen LogP contribution in [0.4, 0.5) is 0 Å². The Balaban J connectivity index is -0.000000134. The van der Waals surface area contributed by atoms with E-state index in [2.05, 4.69) is 15.8 Å². The zero-order valence-corrected chi connectivity index (χ0v) is 24.7. The van der Waals surface area contributed by atoms with E-state index < -0.39 is 10.4 Å². The average molecular weight is 515 g/mol. The molecule has 3 N–H and O–H groups in total. The van der Waals surface area contributed by atoms with Crippen molar-refractivity contribution in [2.45, 2.75) is 91.9 Å². The van der Waals surface area contributed by atoms with E-state index in [1.165, 1.54) is 44.9 Å². The molecule has 0 fully saturated rings. The molecular weight excluding hydrogens is 463 g/mol. The van der Waals surface area contributed by atoms with Gasteiger partial charge in [0, 0.05) is 19.8 Å². The van der Waals surface area contributed by atoms with Crippen molar-refractivity contribution in [2.75, 3.05) is 52.9 Å². The second-order valence-electron chi connectivity index (χ2n) is 6.57. The molecule has 0 aromatic rings. The van der Waals surface area contributed by atoms with Gasteiger partial charge >= 0.3 is 29.6 Å². The van der Waals surface area contributed by atoms with E-state index in [0.29, 0.717) is 19.6 Å². The number of ether oxygens (including phenoxy) is 2. The molecule has 0 rings (SSSR count). The van der Waals surface area contributed by atoms with Gasteiger partial charge in [-0.2, -0.15) is 0 Å². The SMILES string of the molecule is CCCCCCCCCCCCOS(=O)(=O)[O-].CCO.CCOCC.OCCOCCO.[Na+]. The van der Waals surface area contributed by atoms with E-state index in [1.54, 1.807) is 6.92 Å². The van der Waals surface area contributed by atoms with Gasteiger partial charge in [-0.15, -0.1) is 0 Å². The van der Waals surface area contributed by atoms with Crippen LogP contribution < -0.4 is 29.6 Å². The van der Waals surface area contributed by atoms with Crippen LogP contribution in [0.25, 0.3) is 0 Å². The maximum absolute atomic E-state index is 10.1. The predicted molar refractivity (Wildman–Crippen MR) is 127 cm³/mol. The van der Waals surface area contributed by atoms with Crippen LogP contribution in [0.2, 0.25) is 0 Å². The second kappa shape index (κ2) is 42.8. The van der Waals surface area contributed by atoms with Crippen molar-refractivity contribution in [3.63, 3.8) is 0 Å². The van der Waals surface area contributed by atoms with Crippen LogP contribution in [0.3, 0.4) is 0 Å². The summed E-state index contributed by atoms with van der Waals surface area (Å²) < 4.78 is 43.9. The summed E-state index contributed by atoms with van der Waals surface area (Å²) >= 11 is 0. The molecule has 0 aliphatic rings. The van der Waals surface area contributed by atoms with E-state index in [9.17, 15) is 13.0 Å². The molecule has 0 amide bonds. The molecular formula is C22H51NaO9S. The fourth-order valence-electron chi connectivity index (χ4n) is 2.19. The van der Waals surface area contributed by atoms with Crippen molar-refractivity contribution in [3.8, 4) is 0 Å². The minimum absolute atomic E-state index is 0. The number of hydrogen-bond acceptors (Lipinski definition) is 9. The maximum Gasteiger partial charge on any atom is 1.00 e. The third kappa shape index (κ3) is 71.9. The number of aliphatic hydroxyl groups is 3. The van der Waals surface area contributed by atoms with Gasteiger partial charge in [0.15, 0.2) is 0 Å². The first-order chi connectivity index (χ1) is 15.3. The molecule has 0 atom stereocenters. The summed E-state index contributed by atoms with van der Waals surface area (Å²) in [6.45, 7) is 10.5. The molecule has 0 aliphatic heterocycles. The predicted octanol–water partition coefficient (Wildman–Crippen LogP) is 0.417. The number of unbranched alkanes of at least 4 members (excludes halogenated alkanes) is 9. The van der Waals surface area contributed by atoms with Gasteiger partial charge in [0.2, 0.25) is 10.4 Å². The van der Waals surface area contributed by atoms with Crippen LogP contribution in [0.15, 0.2) is 0 Å². The van der Waals surface area contributed by atoms with E-state index in [4.69, 9.17) is 20.1 Å². The third-order valence-corrected chi connectivity index (χ3v) is 4.06. The zero-order valence-electron chi connectivity index (χ0n) is 21.9. The summed E-state index contributed by atoms with van der Waals surface area (Å²) in [4.78, 5) is 0. The number of aliphatic hydroxyl groups excluding tert-OH is 3. The van der Waals surface area contributed by atoms with Crippen molar-refractivity contribution in [1.82, 2.24) is 0 Å². The summed E-state index contributed by atoms with van der Waals surface area (Å²) in [6.07, 6.45) is 11.7. The van der Waals surface area contributed by atoms with Gasteiger partial charge in [-0.25, -0.2) is 8.42 Å². The van der Waals surface area contributed by atoms with Gasteiger partial charge in [-0.3, -0.25) is 4.18 Å². The molecule has 0 radical (unpaired) electrons. The molecule has 0 aromatic carbocycles. The standard InChI is InChI=1S/C12H26O4S.C4H10O3.C4H10O.C2H6O.Na/c1-2-3-4-5-6-7-8-9-10-11-12-16-17(13,14)15;5-1-3-7-4-2-6;1-3-5-4-2;1-2-3;/h2-12H2,1H3,(H,13,14,15);5-6H,1-4H2;3-4H2,1-2H3;3H,2H2,1H3;/q;;;;+1/p-1. The second-order valence-corrected chi connectivity index (χ2v) is 7.62. The molecule has 0 unspecified atom stereocenters. The Morgan fingerprint density at radius 2 is 1.00 bits per heavy atom.